The fraction of sp³-hybridized carbons (Fsp3) is 1.00. The molecule has 0 saturated carbocycles. The molecular formula is C15H32OS6. The Bertz CT molecular complexity index is 256. The first-order valence-corrected chi connectivity index (χ1v) is 11.3. The van der Waals surface area contributed by atoms with Gasteiger partial charge in [-0.25, -0.2) is 0 Å². The number of hydrogen-bond donors (Lipinski definition) is 7. The largest absolute Gasteiger partial charge is 0.396 e. The zero-order valence-corrected chi connectivity index (χ0v) is 18.5. The van der Waals surface area contributed by atoms with Crippen molar-refractivity contribution in [3.8, 4) is 0 Å². The Balaban J connectivity index is 4.05. The summed E-state index contributed by atoms with van der Waals surface area (Å²) in [6.45, 7) is 0.177. The molecule has 1 nitrogen and oxygen atoms in total. The molecule has 5 atom stereocenters. The van der Waals surface area contributed by atoms with E-state index in [-0.39, 0.29) is 17.8 Å². The number of aliphatic hydroxyl groups excluding tert-OH is 1. The quantitative estimate of drug-likeness (QED) is 0.208. The van der Waals surface area contributed by atoms with Crippen LogP contribution in [-0.2, 0) is 0 Å². The molecule has 0 rings (SSSR count). The molecule has 7 heteroatoms. The van der Waals surface area contributed by atoms with Crippen molar-refractivity contribution in [3.05, 3.63) is 0 Å². The van der Waals surface area contributed by atoms with Gasteiger partial charge in [0.15, 0.2) is 0 Å². The van der Waals surface area contributed by atoms with Gasteiger partial charge in [-0.3, -0.25) is 0 Å². The molecule has 5 unspecified atom stereocenters. The Kier molecular flexibility index (Phi) is 16.8. The van der Waals surface area contributed by atoms with Crippen molar-refractivity contribution >= 4 is 75.8 Å². The molecular weight excluding hydrogens is 389 g/mol. The Morgan fingerprint density at radius 1 is 0.636 bits per heavy atom. The lowest BCUT2D eigenvalue weighted by atomic mass is 9.94. The number of aliphatic hydroxyl groups is 1. The lowest BCUT2D eigenvalue weighted by Crippen LogP contribution is -2.24. The van der Waals surface area contributed by atoms with E-state index in [2.05, 4.69) is 63.1 Å². The summed E-state index contributed by atoms with van der Waals surface area (Å²) in [5.74, 6) is 1.94. The predicted molar refractivity (Wildman–Crippen MR) is 122 cm³/mol. The summed E-state index contributed by atoms with van der Waals surface area (Å²) in [4.78, 5) is 0. The molecule has 0 radical (unpaired) electrons. The molecule has 0 aliphatic heterocycles. The van der Waals surface area contributed by atoms with Gasteiger partial charge in [0.25, 0.3) is 0 Å². The first kappa shape index (κ1) is 24.1. The second-order valence-corrected chi connectivity index (χ2v) is 9.64. The highest BCUT2D eigenvalue weighted by Crippen LogP contribution is 2.27. The van der Waals surface area contributed by atoms with Crippen molar-refractivity contribution in [2.75, 3.05) is 18.1 Å². The van der Waals surface area contributed by atoms with Crippen LogP contribution in [0.5, 0.6) is 0 Å². The summed E-state index contributed by atoms with van der Waals surface area (Å²) in [6.07, 6.45) is 7.02. The molecule has 0 saturated heterocycles. The van der Waals surface area contributed by atoms with E-state index in [1.807, 2.05) is 0 Å². The molecule has 0 heterocycles. The van der Waals surface area contributed by atoms with Gasteiger partial charge in [-0.05, 0) is 62.4 Å². The van der Waals surface area contributed by atoms with E-state index >= 15 is 0 Å². The monoisotopic (exact) mass is 420 g/mol. The van der Waals surface area contributed by atoms with Crippen LogP contribution in [0.4, 0.5) is 0 Å². The Morgan fingerprint density at radius 3 is 1.55 bits per heavy atom. The minimum atomic E-state index is 0.177. The van der Waals surface area contributed by atoms with Gasteiger partial charge in [0.05, 0.1) is 0 Å². The highest BCUT2D eigenvalue weighted by atomic mass is 32.1. The van der Waals surface area contributed by atoms with Crippen LogP contribution in [0.3, 0.4) is 0 Å². The van der Waals surface area contributed by atoms with E-state index in [9.17, 15) is 5.11 Å². The maximum Gasteiger partial charge on any atom is 0.0470 e. The molecule has 0 aromatic rings. The minimum absolute atomic E-state index is 0.177. The van der Waals surface area contributed by atoms with Crippen LogP contribution in [0.1, 0.15) is 44.9 Å². The van der Waals surface area contributed by atoms with Crippen molar-refractivity contribution in [2.45, 2.75) is 65.9 Å². The minimum Gasteiger partial charge on any atom is -0.396 e. The normalized spacial score (nSPS) is 18.7. The summed E-state index contributed by atoms with van der Waals surface area (Å²) in [5, 5.41) is 10.9. The summed E-state index contributed by atoms with van der Waals surface area (Å²) >= 11 is 26.9. The zero-order chi connectivity index (χ0) is 17.0. The van der Waals surface area contributed by atoms with Crippen LogP contribution < -0.4 is 0 Å². The van der Waals surface area contributed by atoms with E-state index in [0.717, 1.165) is 56.5 Å². The number of thiol groups is 6. The Morgan fingerprint density at radius 2 is 1.09 bits per heavy atom. The maximum atomic E-state index is 9.64. The van der Waals surface area contributed by atoms with Crippen molar-refractivity contribution in [1.29, 1.82) is 0 Å². The highest BCUT2D eigenvalue weighted by Gasteiger charge is 2.21. The fourth-order valence-corrected chi connectivity index (χ4v) is 4.76. The van der Waals surface area contributed by atoms with Crippen molar-refractivity contribution in [3.63, 3.8) is 0 Å². The van der Waals surface area contributed by atoms with Crippen LogP contribution >= 0.6 is 75.8 Å². The van der Waals surface area contributed by atoms with E-state index in [4.69, 9.17) is 12.6 Å². The molecule has 0 spiro atoms. The van der Waals surface area contributed by atoms with Gasteiger partial charge in [0, 0.05) is 27.6 Å². The SMILES string of the molecule is OCC(CC(S)CCC(S)CCS)C(S)CCC(S)CCS. The Labute approximate surface area is 170 Å². The van der Waals surface area contributed by atoms with E-state index in [1.54, 1.807) is 0 Å². The molecule has 0 aliphatic carbocycles. The maximum absolute atomic E-state index is 9.64. The van der Waals surface area contributed by atoms with Gasteiger partial charge in [0.1, 0.15) is 0 Å². The van der Waals surface area contributed by atoms with Gasteiger partial charge >= 0.3 is 0 Å². The van der Waals surface area contributed by atoms with Gasteiger partial charge in [-0.2, -0.15) is 75.8 Å². The molecule has 0 aromatic heterocycles. The second-order valence-electron chi connectivity index (χ2n) is 5.89. The third-order valence-corrected chi connectivity index (χ3v) is 6.60. The fourth-order valence-electron chi connectivity index (χ4n) is 2.39. The standard InChI is InChI=1S/C15H32OS6/c16-10-11(15(22)4-3-13(20)6-8-18)9-14(21)2-1-12(19)5-7-17/h11-22H,1-10H2. The van der Waals surface area contributed by atoms with Crippen molar-refractivity contribution in [2.24, 2.45) is 5.92 Å². The van der Waals surface area contributed by atoms with Gasteiger partial charge in [-0.15, -0.1) is 0 Å². The Hall–Kier alpha value is 2.06. The third-order valence-electron chi connectivity index (χ3n) is 3.91. The lowest BCUT2D eigenvalue weighted by molar-refractivity contribution is 0.211. The van der Waals surface area contributed by atoms with Crippen LogP contribution in [0, 0.1) is 5.92 Å². The first-order valence-electron chi connectivity index (χ1n) is 7.99. The molecule has 1 N–H and O–H groups in total. The molecule has 0 amide bonds. The second kappa shape index (κ2) is 15.3. The molecule has 0 bridgehead atoms. The molecule has 0 fully saturated rings. The van der Waals surface area contributed by atoms with E-state index in [1.165, 1.54) is 0 Å². The van der Waals surface area contributed by atoms with Gasteiger partial charge < -0.3 is 5.11 Å². The lowest BCUT2D eigenvalue weighted by Gasteiger charge is -2.25. The summed E-state index contributed by atoms with van der Waals surface area (Å²) < 4.78 is 0. The smallest absolute Gasteiger partial charge is 0.0470 e. The predicted octanol–water partition coefficient (Wildman–Crippen LogP) is 4.38. The third kappa shape index (κ3) is 12.4. The molecule has 134 valence electrons. The molecule has 0 aromatic carbocycles. The highest BCUT2D eigenvalue weighted by molar-refractivity contribution is 7.82. The van der Waals surface area contributed by atoms with Gasteiger partial charge in [-0.1, -0.05) is 0 Å². The number of hydrogen-bond acceptors (Lipinski definition) is 7. The van der Waals surface area contributed by atoms with Gasteiger partial charge in [0.2, 0.25) is 0 Å². The van der Waals surface area contributed by atoms with Crippen LogP contribution in [-0.4, -0.2) is 44.2 Å². The van der Waals surface area contributed by atoms with Crippen LogP contribution in [0.2, 0.25) is 0 Å². The average molecular weight is 421 g/mol. The summed E-state index contributed by atoms with van der Waals surface area (Å²) in [6, 6.07) is 0. The molecule has 0 aliphatic rings. The molecule has 22 heavy (non-hydrogen) atoms. The topological polar surface area (TPSA) is 20.2 Å². The van der Waals surface area contributed by atoms with Crippen LogP contribution in [0.15, 0.2) is 0 Å². The van der Waals surface area contributed by atoms with Crippen molar-refractivity contribution < 1.29 is 5.11 Å². The summed E-state index contributed by atoms with van der Waals surface area (Å²) in [5.41, 5.74) is 0. The first-order chi connectivity index (χ1) is 10.4. The number of rotatable bonds is 14. The van der Waals surface area contributed by atoms with Crippen molar-refractivity contribution in [1.82, 2.24) is 0 Å². The zero-order valence-electron chi connectivity index (χ0n) is 13.1. The van der Waals surface area contributed by atoms with E-state index in [0.29, 0.717) is 15.7 Å². The van der Waals surface area contributed by atoms with Crippen LogP contribution in [0.25, 0.3) is 0 Å². The average Bonchev–Trinajstić information content (AvgIpc) is 2.48. The summed E-state index contributed by atoms with van der Waals surface area (Å²) in [7, 11) is 0. The van der Waals surface area contributed by atoms with E-state index < -0.39 is 0 Å².